The second kappa shape index (κ2) is 7.51. The zero-order valence-corrected chi connectivity index (χ0v) is 16.8. The molecular weight excluding hydrogens is 398 g/mol. The van der Waals surface area contributed by atoms with Gasteiger partial charge in [0.25, 0.3) is 0 Å². The highest BCUT2D eigenvalue weighted by atomic mass is 32.2. The number of rotatable bonds is 5. The SMILES string of the molecule is CC(Sc1ncnc2c1cnn2-c1ccccc1)C(=O)NC1CCS(=O)(=O)C1. The maximum absolute atomic E-state index is 12.5. The van der Waals surface area contributed by atoms with Crippen molar-refractivity contribution in [2.24, 2.45) is 0 Å². The summed E-state index contributed by atoms with van der Waals surface area (Å²) in [5, 5.41) is 8.24. The molecule has 0 bridgehead atoms. The van der Waals surface area contributed by atoms with Gasteiger partial charge in [0.2, 0.25) is 5.91 Å². The third-order valence-corrected chi connectivity index (χ3v) is 7.45. The molecule has 146 valence electrons. The number of amides is 1. The van der Waals surface area contributed by atoms with Crippen LogP contribution < -0.4 is 5.32 Å². The molecule has 2 atom stereocenters. The number of hydrogen-bond acceptors (Lipinski definition) is 7. The highest BCUT2D eigenvalue weighted by Crippen LogP contribution is 2.29. The van der Waals surface area contributed by atoms with Gasteiger partial charge < -0.3 is 5.32 Å². The molecule has 3 aromatic rings. The minimum Gasteiger partial charge on any atom is -0.351 e. The van der Waals surface area contributed by atoms with Crippen molar-refractivity contribution in [3.8, 4) is 5.69 Å². The Morgan fingerprint density at radius 3 is 2.79 bits per heavy atom. The Hall–Kier alpha value is -2.46. The Labute approximate surface area is 166 Å². The van der Waals surface area contributed by atoms with Crippen LogP contribution in [0, 0.1) is 0 Å². The first-order valence-corrected chi connectivity index (χ1v) is 11.5. The standard InChI is InChI=1S/C18H19N5O3S2/c1-12(17(24)22-13-7-8-28(25,26)10-13)27-18-15-9-21-23(16(15)19-11-20-18)14-5-3-2-4-6-14/h2-6,9,11-13H,7-8,10H2,1H3,(H,22,24). The van der Waals surface area contributed by atoms with Gasteiger partial charge in [-0.1, -0.05) is 30.0 Å². The molecule has 1 fully saturated rings. The van der Waals surface area contributed by atoms with E-state index in [0.717, 1.165) is 11.1 Å². The van der Waals surface area contributed by atoms with E-state index in [-0.39, 0.29) is 23.5 Å². The molecule has 0 aliphatic carbocycles. The third kappa shape index (κ3) is 3.88. The number of nitrogens with zero attached hydrogens (tertiary/aromatic N) is 4. The molecule has 0 radical (unpaired) electrons. The second-order valence-corrected chi connectivity index (χ2v) is 10.2. The van der Waals surface area contributed by atoms with E-state index in [9.17, 15) is 13.2 Å². The van der Waals surface area contributed by atoms with Crippen molar-refractivity contribution in [1.82, 2.24) is 25.1 Å². The van der Waals surface area contributed by atoms with Gasteiger partial charge in [0.15, 0.2) is 15.5 Å². The summed E-state index contributed by atoms with van der Waals surface area (Å²) in [5.74, 6) is -0.0584. The molecule has 1 saturated heterocycles. The lowest BCUT2D eigenvalue weighted by Crippen LogP contribution is -2.39. The van der Waals surface area contributed by atoms with E-state index in [4.69, 9.17) is 0 Å². The fraction of sp³-hybridized carbons (Fsp3) is 0.333. The van der Waals surface area contributed by atoms with Crippen molar-refractivity contribution < 1.29 is 13.2 Å². The number of fused-ring (bicyclic) bond motifs is 1. The van der Waals surface area contributed by atoms with Crippen molar-refractivity contribution in [2.45, 2.75) is 29.7 Å². The molecule has 1 amide bonds. The number of nitrogens with one attached hydrogen (secondary N) is 1. The third-order valence-electron chi connectivity index (χ3n) is 4.57. The van der Waals surface area contributed by atoms with Crippen LogP contribution in [0.25, 0.3) is 16.7 Å². The van der Waals surface area contributed by atoms with E-state index in [1.54, 1.807) is 17.8 Å². The van der Waals surface area contributed by atoms with Crippen LogP contribution >= 0.6 is 11.8 Å². The first-order valence-electron chi connectivity index (χ1n) is 8.84. The van der Waals surface area contributed by atoms with Crippen LogP contribution in [0.3, 0.4) is 0 Å². The first-order chi connectivity index (χ1) is 13.4. The Bertz CT molecular complexity index is 1110. The van der Waals surface area contributed by atoms with E-state index < -0.39 is 15.1 Å². The van der Waals surface area contributed by atoms with Gasteiger partial charge in [-0.25, -0.2) is 23.1 Å². The summed E-state index contributed by atoms with van der Waals surface area (Å²) in [6.07, 6.45) is 3.62. The number of hydrogen-bond donors (Lipinski definition) is 1. The van der Waals surface area contributed by atoms with Gasteiger partial charge >= 0.3 is 0 Å². The molecule has 1 N–H and O–H groups in total. The molecule has 0 saturated carbocycles. The van der Waals surface area contributed by atoms with E-state index >= 15 is 0 Å². The van der Waals surface area contributed by atoms with Crippen LogP contribution in [0.1, 0.15) is 13.3 Å². The Morgan fingerprint density at radius 1 is 1.29 bits per heavy atom. The van der Waals surface area contributed by atoms with Crippen LogP contribution in [0.2, 0.25) is 0 Å². The lowest BCUT2D eigenvalue weighted by molar-refractivity contribution is -0.120. The highest BCUT2D eigenvalue weighted by molar-refractivity contribution is 8.00. The molecule has 4 rings (SSSR count). The predicted molar refractivity (Wildman–Crippen MR) is 107 cm³/mol. The lowest BCUT2D eigenvalue weighted by Gasteiger charge is -2.15. The number of benzene rings is 1. The predicted octanol–water partition coefficient (Wildman–Crippen LogP) is 1.60. The number of carbonyl (C=O) groups excluding carboxylic acids is 1. The number of para-hydroxylation sites is 1. The smallest absolute Gasteiger partial charge is 0.233 e. The van der Waals surface area contributed by atoms with Crippen molar-refractivity contribution in [3.05, 3.63) is 42.9 Å². The monoisotopic (exact) mass is 417 g/mol. The van der Waals surface area contributed by atoms with Crippen LogP contribution in [0.5, 0.6) is 0 Å². The fourth-order valence-corrected chi connectivity index (χ4v) is 5.69. The van der Waals surface area contributed by atoms with E-state index in [2.05, 4.69) is 20.4 Å². The molecule has 10 heteroatoms. The molecule has 2 unspecified atom stereocenters. The van der Waals surface area contributed by atoms with Crippen LogP contribution in [0.15, 0.2) is 47.9 Å². The summed E-state index contributed by atoms with van der Waals surface area (Å²) in [6, 6.07) is 9.35. The van der Waals surface area contributed by atoms with E-state index in [0.29, 0.717) is 17.1 Å². The normalized spacial score (nSPS) is 19.5. The minimum atomic E-state index is -3.03. The van der Waals surface area contributed by atoms with E-state index in [1.165, 1.54) is 18.1 Å². The average molecular weight is 418 g/mol. The average Bonchev–Trinajstić information content (AvgIpc) is 3.26. The molecule has 8 nitrogen and oxygen atoms in total. The van der Waals surface area contributed by atoms with Crippen LogP contribution in [-0.2, 0) is 14.6 Å². The minimum absolute atomic E-state index is 0.0116. The van der Waals surface area contributed by atoms with E-state index in [1.807, 2.05) is 30.3 Å². The molecule has 2 aromatic heterocycles. The van der Waals surface area contributed by atoms with Crippen molar-refractivity contribution in [2.75, 3.05) is 11.5 Å². The summed E-state index contributed by atoms with van der Waals surface area (Å²) < 4.78 is 24.9. The molecule has 1 aliphatic rings. The Kier molecular flexibility index (Phi) is 5.07. The van der Waals surface area contributed by atoms with Gasteiger partial charge in [0.1, 0.15) is 11.4 Å². The fourth-order valence-electron chi connectivity index (χ4n) is 3.12. The summed E-state index contributed by atoms with van der Waals surface area (Å²) >= 11 is 1.31. The van der Waals surface area contributed by atoms with Gasteiger partial charge in [-0.3, -0.25) is 4.79 Å². The van der Waals surface area contributed by atoms with Crippen LogP contribution in [0.4, 0.5) is 0 Å². The van der Waals surface area contributed by atoms with Crippen molar-refractivity contribution >= 4 is 38.5 Å². The molecule has 28 heavy (non-hydrogen) atoms. The Morgan fingerprint density at radius 2 is 2.07 bits per heavy atom. The zero-order chi connectivity index (χ0) is 19.7. The lowest BCUT2D eigenvalue weighted by atomic mass is 10.2. The summed E-state index contributed by atoms with van der Waals surface area (Å²) in [4.78, 5) is 21.1. The molecular formula is C18H19N5O3S2. The molecule has 1 aliphatic heterocycles. The number of carbonyl (C=O) groups is 1. The topological polar surface area (TPSA) is 107 Å². The zero-order valence-electron chi connectivity index (χ0n) is 15.1. The van der Waals surface area contributed by atoms with Crippen molar-refractivity contribution in [3.63, 3.8) is 0 Å². The summed E-state index contributed by atoms with van der Waals surface area (Å²) in [5.41, 5.74) is 1.55. The summed E-state index contributed by atoms with van der Waals surface area (Å²) in [6.45, 7) is 1.78. The maximum Gasteiger partial charge on any atom is 0.233 e. The second-order valence-electron chi connectivity index (χ2n) is 6.68. The first kappa shape index (κ1) is 18.9. The Balaban J connectivity index is 1.52. The number of sulfone groups is 1. The van der Waals surface area contributed by atoms with Crippen molar-refractivity contribution in [1.29, 1.82) is 0 Å². The maximum atomic E-state index is 12.5. The van der Waals surface area contributed by atoms with Crippen LogP contribution in [-0.4, -0.2) is 56.9 Å². The largest absolute Gasteiger partial charge is 0.351 e. The van der Waals surface area contributed by atoms with Gasteiger partial charge in [-0.2, -0.15) is 5.10 Å². The van der Waals surface area contributed by atoms with Gasteiger partial charge in [0, 0.05) is 6.04 Å². The number of aromatic nitrogens is 4. The van der Waals surface area contributed by atoms with Gasteiger partial charge in [-0.05, 0) is 25.5 Å². The molecule has 0 spiro atoms. The number of thioether (sulfide) groups is 1. The molecule has 3 heterocycles. The summed E-state index contributed by atoms with van der Waals surface area (Å²) in [7, 11) is -3.03. The molecule has 1 aromatic carbocycles. The highest BCUT2D eigenvalue weighted by Gasteiger charge is 2.30. The van der Waals surface area contributed by atoms with Gasteiger partial charge in [-0.15, -0.1) is 0 Å². The quantitative estimate of drug-likeness (QED) is 0.496. The van der Waals surface area contributed by atoms with Gasteiger partial charge in [0.05, 0.1) is 34.0 Å².